The van der Waals surface area contributed by atoms with Crippen LogP contribution in [0.3, 0.4) is 0 Å². The smallest absolute Gasteiger partial charge is 0.0635 e. The monoisotopic (exact) mass is 753 g/mol. The molecule has 0 amide bonds. The molecule has 11 aromatic rings. The van der Waals surface area contributed by atoms with E-state index < -0.39 is 0 Å². The molecule has 2 aromatic heterocycles. The van der Waals surface area contributed by atoms with Gasteiger partial charge < -0.3 is 14.0 Å². The van der Waals surface area contributed by atoms with E-state index in [1.807, 2.05) is 0 Å². The van der Waals surface area contributed by atoms with Gasteiger partial charge in [-0.05, 0) is 118 Å². The highest BCUT2D eigenvalue weighted by molar-refractivity contribution is 6.19. The minimum absolute atomic E-state index is 1.10. The molecule has 3 nitrogen and oxygen atoms in total. The molecule has 0 aliphatic carbocycles. The van der Waals surface area contributed by atoms with Gasteiger partial charge in [0, 0.05) is 50.8 Å². The molecule has 0 saturated heterocycles. The molecule has 0 N–H and O–H groups in total. The van der Waals surface area contributed by atoms with Crippen LogP contribution in [-0.2, 0) is 0 Å². The fourth-order valence-corrected chi connectivity index (χ4v) is 8.68. The van der Waals surface area contributed by atoms with Crippen molar-refractivity contribution in [3.63, 3.8) is 0 Å². The Morgan fingerprint density at radius 2 is 0.712 bits per heavy atom. The van der Waals surface area contributed by atoms with Gasteiger partial charge in [-0.3, -0.25) is 0 Å². The van der Waals surface area contributed by atoms with E-state index in [1.54, 1.807) is 0 Å². The molecule has 0 saturated carbocycles. The Bertz CT molecular complexity index is 3120. The lowest BCUT2D eigenvalue weighted by Crippen LogP contribution is -2.09. The first kappa shape index (κ1) is 34.4. The zero-order valence-corrected chi connectivity index (χ0v) is 32.4. The lowest BCUT2D eigenvalue weighted by Gasteiger charge is -2.26. The zero-order valence-electron chi connectivity index (χ0n) is 32.4. The van der Waals surface area contributed by atoms with E-state index >= 15 is 0 Å². The number of rotatable bonds is 8. The molecule has 2 heterocycles. The molecule has 0 radical (unpaired) electrons. The predicted molar refractivity (Wildman–Crippen MR) is 249 cm³/mol. The lowest BCUT2D eigenvalue weighted by molar-refractivity contribution is 1.13. The molecule has 59 heavy (non-hydrogen) atoms. The number of hydrogen-bond donors (Lipinski definition) is 0. The normalized spacial score (nSPS) is 11.4. The van der Waals surface area contributed by atoms with E-state index in [1.165, 1.54) is 66.1 Å². The van der Waals surface area contributed by atoms with Crippen LogP contribution in [0.2, 0.25) is 0 Å². The summed E-state index contributed by atoms with van der Waals surface area (Å²) in [4.78, 5) is 2.34. The second-order valence-electron chi connectivity index (χ2n) is 15.0. The zero-order chi connectivity index (χ0) is 39.1. The molecular weight excluding hydrogens is 715 g/mol. The lowest BCUT2D eigenvalue weighted by atomic mass is 10.0. The number of para-hydroxylation sites is 2. The van der Waals surface area contributed by atoms with Gasteiger partial charge in [0.05, 0.1) is 16.6 Å². The van der Waals surface area contributed by atoms with E-state index in [0.717, 1.165) is 28.4 Å². The van der Waals surface area contributed by atoms with Crippen molar-refractivity contribution in [2.75, 3.05) is 4.90 Å². The summed E-state index contributed by atoms with van der Waals surface area (Å²) in [5.74, 6) is 0. The van der Waals surface area contributed by atoms with Crippen LogP contribution in [0, 0.1) is 0 Å². The van der Waals surface area contributed by atoms with Crippen molar-refractivity contribution in [1.82, 2.24) is 9.13 Å². The highest BCUT2D eigenvalue weighted by atomic mass is 15.1. The topological polar surface area (TPSA) is 13.1 Å². The van der Waals surface area contributed by atoms with Crippen molar-refractivity contribution in [3.05, 3.63) is 237 Å². The number of aromatic nitrogens is 2. The van der Waals surface area contributed by atoms with Gasteiger partial charge in [0.25, 0.3) is 0 Å². The van der Waals surface area contributed by atoms with Crippen LogP contribution in [0.1, 0.15) is 0 Å². The fourth-order valence-electron chi connectivity index (χ4n) is 8.68. The number of benzene rings is 9. The van der Waals surface area contributed by atoms with Crippen molar-refractivity contribution in [3.8, 4) is 44.8 Å². The van der Waals surface area contributed by atoms with Gasteiger partial charge in [0.1, 0.15) is 0 Å². The quantitative estimate of drug-likeness (QED) is 0.151. The highest BCUT2D eigenvalue weighted by Gasteiger charge is 2.19. The Hall–Kier alpha value is -7.88. The minimum Gasteiger partial charge on any atom is -0.316 e. The molecule has 9 aromatic carbocycles. The van der Waals surface area contributed by atoms with Crippen LogP contribution in [0.25, 0.3) is 77.5 Å². The molecule has 0 spiro atoms. The summed E-state index contributed by atoms with van der Waals surface area (Å²) >= 11 is 0. The summed E-state index contributed by atoms with van der Waals surface area (Å²) in [7, 11) is 0. The molecule has 278 valence electrons. The van der Waals surface area contributed by atoms with E-state index in [9.17, 15) is 0 Å². The largest absolute Gasteiger partial charge is 0.316 e. The number of hydrogen-bond acceptors (Lipinski definition) is 1. The predicted octanol–water partition coefficient (Wildman–Crippen LogP) is 15.2. The molecule has 0 bridgehead atoms. The molecule has 3 heteroatoms. The van der Waals surface area contributed by atoms with Crippen molar-refractivity contribution in [1.29, 1.82) is 0 Å². The number of fused-ring (bicyclic) bond motifs is 5. The Morgan fingerprint density at radius 1 is 0.288 bits per heavy atom. The van der Waals surface area contributed by atoms with Crippen molar-refractivity contribution < 1.29 is 0 Å². The van der Waals surface area contributed by atoms with Crippen molar-refractivity contribution in [2.24, 2.45) is 0 Å². The third-order valence-electron chi connectivity index (χ3n) is 11.6. The molecule has 11 rings (SSSR count). The van der Waals surface area contributed by atoms with E-state index in [2.05, 4.69) is 251 Å². The Labute approximate surface area is 343 Å². The fraction of sp³-hybridized carbons (Fsp3) is 0. The van der Waals surface area contributed by atoms with Gasteiger partial charge >= 0.3 is 0 Å². The first-order valence-electron chi connectivity index (χ1n) is 20.2. The van der Waals surface area contributed by atoms with Crippen molar-refractivity contribution >= 4 is 49.8 Å². The third-order valence-corrected chi connectivity index (χ3v) is 11.6. The summed E-state index contributed by atoms with van der Waals surface area (Å²) in [6.07, 6.45) is 2.19. The maximum absolute atomic E-state index is 2.43. The van der Waals surface area contributed by atoms with Gasteiger partial charge in [-0.15, -0.1) is 0 Å². The Morgan fingerprint density at radius 3 is 1.24 bits per heavy atom. The minimum atomic E-state index is 1.10. The first-order chi connectivity index (χ1) is 29.3. The Kier molecular flexibility index (Phi) is 8.49. The average Bonchev–Trinajstić information content (AvgIpc) is 3.90. The van der Waals surface area contributed by atoms with Crippen LogP contribution >= 0.6 is 0 Å². The second kappa shape index (κ2) is 14.6. The highest BCUT2D eigenvalue weighted by Crippen LogP contribution is 2.41. The molecular formula is C56H39N3. The molecule has 0 fully saturated rings. The average molecular weight is 754 g/mol. The molecule has 0 aliphatic rings. The Balaban J connectivity index is 1.00. The van der Waals surface area contributed by atoms with E-state index in [-0.39, 0.29) is 0 Å². The van der Waals surface area contributed by atoms with Gasteiger partial charge in [0.2, 0.25) is 0 Å². The van der Waals surface area contributed by atoms with Crippen molar-refractivity contribution in [2.45, 2.75) is 0 Å². The van der Waals surface area contributed by atoms with E-state index in [4.69, 9.17) is 0 Å². The molecule has 0 aliphatic heterocycles. The maximum atomic E-state index is 2.43. The van der Waals surface area contributed by atoms with Gasteiger partial charge in [0.15, 0.2) is 0 Å². The molecule has 0 atom stereocenters. The SMILES string of the molecule is c1ccc(-c2ccc(N(c3ccc(-c4ccccc4)cc3)c3ccc(-c4ccc5c(c4)c4ccc6c(ccn6-c6ccccc6)c4n5-c4ccccc4)cc3)cc2)cc1. The summed E-state index contributed by atoms with van der Waals surface area (Å²) in [6.45, 7) is 0. The van der Waals surface area contributed by atoms with Gasteiger partial charge in [-0.25, -0.2) is 0 Å². The third kappa shape index (κ3) is 6.17. The summed E-state index contributed by atoms with van der Waals surface area (Å²) in [5.41, 5.74) is 16.4. The first-order valence-corrected chi connectivity index (χ1v) is 20.2. The summed E-state index contributed by atoms with van der Waals surface area (Å²) in [5, 5.41) is 3.70. The van der Waals surface area contributed by atoms with Crippen LogP contribution in [0.15, 0.2) is 237 Å². The van der Waals surface area contributed by atoms with E-state index in [0.29, 0.717) is 0 Å². The molecule has 0 unspecified atom stereocenters. The van der Waals surface area contributed by atoms with Crippen LogP contribution in [-0.4, -0.2) is 9.13 Å². The van der Waals surface area contributed by atoms with Crippen LogP contribution in [0.4, 0.5) is 17.1 Å². The van der Waals surface area contributed by atoms with Gasteiger partial charge in [-0.2, -0.15) is 0 Å². The summed E-state index contributed by atoms with van der Waals surface area (Å²) < 4.78 is 4.71. The van der Waals surface area contributed by atoms with Crippen LogP contribution < -0.4 is 4.90 Å². The van der Waals surface area contributed by atoms with Gasteiger partial charge in [-0.1, -0.05) is 146 Å². The standard InChI is InChI=1S/C56H39N3/c1-5-13-40(14-6-1)42-21-28-48(29-22-42)58(49-30-23-43(24-31-49)41-15-7-2-8-16-41)50-32-25-44(26-33-50)45-27-35-55-53(39-45)51-34-36-54-52(37-38-57(54)46-17-9-3-10-18-46)56(51)59(55)47-19-11-4-12-20-47/h1-39H. The number of anilines is 3. The number of nitrogens with zero attached hydrogens (tertiary/aromatic N) is 3. The second-order valence-corrected chi connectivity index (χ2v) is 15.0. The van der Waals surface area contributed by atoms with Crippen LogP contribution in [0.5, 0.6) is 0 Å². The summed E-state index contributed by atoms with van der Waals surface area (Å²) in [6, 6.07) is 83.0. The maximum Gasteiger partial charge on any atom is 0.0635 e.